The Morgan fingerprint density at radius 3 is 2.32 bits per heavy atom. The molecule has 2 aromatic rings. The summed E-state index contributed by atoms with van der Waals surface area (Å²) in [6.07, 6.45) is -4.43. The van der Waals surface area contributed by atoms with Gasteiger partial charge in [0.15, 0.2) is 6.61 Å². The van der Waals surface area contributed by atoms with E-state index in [2.05, 4.69) is 4.98 Å². The Hall–Kier alpha value is -3.50. The molecule has 0 radical (unpaired) electrons. The van der Waals surface area contributed by atoms with Crippen molar-refractivity contribution in [3.63, 3.8) is 0 Å². The van der Waals surface area contributed by atoms with Crippen molar-refractivity contribution in [2.45, 2.75) is 26.9 Å². The highest BCUT2D eigenvalue weighted by atomic mass is 19.4. The number of aryl methyl sites for hydroxylation is 1. The van der Waals surface area contributed by atoms with Crippen molar-refractivity contribution in [3.05, 3.63) is 52.3 Å². The van der Waals surface area contributed by atoms with Gasteiger partial charge in [0.05, 0.1) is 17.7 Å². The van der Waals surface area contributed by atoms with E-state index in [0.29, 0.717) is 30.0 Å². The molecule has 0 aliphatic carbocycles. The van der Waals surface area contributed by atoms with Crippen molar-refractivity contribution >= 4 is 23.5 Å². The maximum Gasteiger partial charge on any atom is 0.416 e. The maximum absolute atomic E-state index is 13.0. The van der Waals surface area contributed by atoms with Crippen LogP contribution in [0.4, 0.5) is 18.9 Å². The van der Waals surface area contributed by atoms with Gasteiger partial charge in [0, 0.05) is 37.6 Å². The van der Waals surface area contributed by atoms with E-state index < -0.39 is 36.2 Å². The van der Waals surface area contributed by atoms with Gasteiger partial charge in [0.2, 0.25) is 0 Å². The van der Waals surface area contributed by atoms with Crippen molar-refractivity contribution in [2.75, 3.05) is 44.3 Å². The number of hydrogen-bond donors (Lipinski definition) is 1. The summed E-state index contributed by atoms with van der Waals surface area (Å²) in [5.41, 5.74) is 0.872. The monoisotopic (exact) mass is 481 g/mol. The van der Waals surface area contributed by atoms with Crippen molar-refractivity contribution in [3.8, 4) is 0 Å². The van der Waals surface area contributed by atoms with E-state index in [1.54, 1.807) is 31.7 Å². The molecule has 11 heteroatoms. The van der Waals surface area contributed by atoms with Crippen LogP contribution in [-0.2, 0) is 20.4 Å². The van der Waals surface area contributed by atoms with Gasteiger partial charge in [-0.05, 0) is 44.5 Å². The lowest BCUT2D eigenvalue weighted by Gasteiger charge is -2.36. The summed E-state index contributed by atoms with van der Waals surface area (Å²) in [6.45, 7) is 5.84. The van der Waals surface area contributed by atoms with E-state index in [4.69, 9.17) is 9.47 Å². The Kier molecular flexibility index (Phi) is 7.53. The summed E-state index contributed by atoms with van der Waals surface area (Å²) >= 11 is 0. The fourth-order valence-electron chi connectivity index (χ4n) is 3.85. The summed E-state index contributed by atoms with van der Waals surface area (Å²) in [7, 11) is 0. The molecule has 3 rings (SSSR count). The molecular weight excluding hydrogens is 455 g/mol. The largest absolute Gasteiger partial charge is 0.462 e. The molecule has 184 valence electrons. The van der Waals surface area contributed by atoms with Crippen LogP contribution in [-0.4, -0.2) is 67.1 Å². The van der Waals surface area contributed by atoms with Crippen molar-refractivity contribution in [1.29, 1.82) is 0 Å². The molecular formula is C23H26F3N3O5. The molecule has 1 aromatic heterocycles. The zero-order chi connectivity index (χ0) is 25.0. The molecule has 8 nitrogen and oxygen atoms in total. The molecule has 0 unspecified atom stereocenters. The zero-order valence-corrected chi connectivity index (χ0v) is 19.1. The third-order valence-corrected chi connectivity index (χ3v) is 5.62. The van der Waals surface area contributed by atoms with Gasteiger partial charge in [0.25, 0.3) is 5.91 Å². The summed E-state index contributed by atoms with van der Waals surface area (Å²) in [4.78, 5) is 43.1. The van der Waals surface area contributed by atoms with Gasteiger partial charge in [0.1, 0.15) is 5.69 Å². The predicted molar refractivity (Wildman–Crippen MR) is 117 cm³/mol. The number of halogens is 3. The Balaban J connectivity index is 1.55. The van der Waals surface area contributed by atoms with Gasteiger partial charge in [-0.25, -0.2) is 9.59 Å². The van der Waals surface area contributed by atoms with Crippen LogP contribution in [0.1, 0.15) is 44.6 Å². The normalized spacial score (nSPS) is 14.2. The number of rotatable bonds is 6. The fraction of sp³-hybridized carbons (Fsp3) is 0.435. The number of aromatic amines is 1. The number of esters is 2. The molecule has 1 amide bonds. The number of amides is 1. The summed E-state index contributed by atoms with van der Waals surface area (Å²) in [5, 5.41) is 0. The average Bonchev–Trinajstić information content (AvgIpc) is 3.11. The number of benzene rings is 1. The van der Waals surface area contributed by atoms with Crippen molar-refractivity contribution < 1.29 is 37.0 Å². The van der Waals surface area contributed by atoms with Crippen LogP contribution in [0.5, 0.6) is 0 Å². The second kappa shape index (κ2) is 10.2. The Bertz CT molecular complexity index is 1070. The summed E-state index contributed by atoms with van der Waals surface area (Å²) in [6, 6.07) is 5.05. The zero-order valence-electron chi connectivity index (χ0n) is 19.1. The number of anilines is 1. The molecule has 0 atom stereocenters. The Morgan fingerprint density at radius 1 is 1.03 bits per heavy atom. The highest BCUT2D eigenvalue weighted by molar-refractivity contribution is 5.99. The van der Waals surface area contributed by atoms with E-state index in [9.17, 15) is 27.6 Å². The first kappa shape index (κ1) is 25.1. The molecule has 1 aliphatic rings. The van der Waals surface area contributed by atoms with Crippen molar-refractivity contribution in [1.82, 2.24) is 9.88 Å². The van der Waals surface area contributed by atoms with Gasteiger partial charge >= 0.3 is 18.1 Å². The number of H-pyrrole nitrogens is 1. The Labute approximate surface area is 194 Å². The molecule has 34 heavy (non-hydrogen) atoms. The van der Waals surface area contributed by atoms with E-state index in [-0.39, 0.29) is 31.0 Å². The molecule has 1 N–H and O–H groups in total. The van der Waals surface area contributed by atoms with Gasteiger partial charge < -0.3 is 24.3 Å². The van der Waals surface area contributed by atoms with Crippen LogP contribution in [0.2, 0.25) is 0 Å². The van der Waals surface area contributed by atoms with E-state index in [0.717, 1.165) is 12.1 Å². The highest BCUT2D eigenvalue weighted by Crippen LogP contribution is 2.32. The van der Waals surface area contributed by atoms with Crippen LogP contribution in [0.15, 0.2) is 24.3 Å². The molecule has 1 fully saturated rings. The number of nitrogens with one attached hydrogen (secondary N) is 1. The first-order valence-corrected chi connectivity index (χ1v) is 10.8. The SMILES string of the molecule is CCOC(=O)c1c(C)[nH]c(C(=O)OCC(=O)N2CCN(c3cccc(C(F)(F)F)c3)CC2)c1C. The molecule has 1 aliphatic heterocycles. The van der Waals surface area contributed by atoms with Gasteiger partial charge in [-0.2, -0.15) is 13.2 Å². The van der Waals surface area contributed by atoms with E-state index in [1.807, 2.05) is 0 Å². The molecule has 1 saturated heterocycles. The lowest BCUT2D eigenvalue weighted by Crippen LogP contribution is -2.50. The van der Waals surface area contributed by atoms with Crippen molar-refractivity contribution in [2.24, 2.45) is 0 Å². The quantitative estimate of drug-likeness (QED) is 0.637. The maximum atomic E-state index is 13.0. The first-order chi connectivity index (χ1) is 16.0. The number of carbonyl (C=O) groups is 3. The number of alkyl halides is 3. The number of piperazine rings is 1. The second-order valence-corrected chi connectivity index (χ2v) is 7.84. The van der Waals surface area contributed by atoms with E-state index in [1.165, 1.54) is 11.0 Å². The van der Waals surface area contributed by atoms with Crippen LogP contribution in [0.3, 0.4) is 0 Å². The van der Waals surface area contributed by atoms with Gasteiger partial charge in [-0.1, -0.05) is 6.07 Å². The average molecular weight is 481 g/mol. The number of carbonyl (C=O) groups excluding carboxylic acids is 3. The predicted octanol–water partition coefficient (Wildman–Crippen LogP) is 3.33. The van der Waals surface area contributed by atoms with Gasteiger partial charge in [-0.15, -0.1) is 0 Å². The lowest BCUT2D eigenvalue weighted by atomic mass is 10.1. The minimum atomic E-state index is -4.43. The topological polar surface area (TPSA) is 91.9 Å². The molecule has 0 saturated carbocycles. The lowest BCUT2D eigenvalue weighted by molar-refractivity contribution is -0.137. The molecule has 1 aromatic carbocycles. The number of ether oxygens (including phenoxy) is 2. The third-order valence-electron chi connectivity index (χ3n) is 5.62. The van der Waals surface area contributed by atoms with Crippen LogP contribution < -0.4 is 4.90 Å². The van der Waals surface area contributed by atoms with E-state index >= 15 is 0 Å². The number of hydrogen-bond acceptors (Lipinski definition) is 6. The smallest absolute Gasteiger partial charge is 0.416 e. The molecule has 2 heterocycles. The fourth-order valence-corrected chi connectivity index (χ4v) is 3.85. The van der Waals surface area contributed by atoms with Crippen LogP contribution in [0.25, 0.3) is 0 Å². The summed E-state index contributed by atoms with van der Waals surface area (Å²) < 4.78 is 49.0. The minimum Gasteiger partial charge on any atom is -0.462 e. The standard InChI is InChI=1S/C23H26F3N3O5/c1-4-33-21(31)19-14(2)20(27-15(19)3)22(32)34-13-18(30)29-10-8-28(9-11-29)17-7-5-6-16(12-17)23(24,25)26/h5-7,12,27H,4,8-11,13H2,1-3H3. The molecule has 0 bridgehead atoms. The third kappa shape index (κ3) is 5.52. The second-order valence-electron chi connectivity index (χ2n) is 7.84. The number of nitrogens with zero attached hydrogens (tertiary/aromatic N) is 2. The highest BCUT2D eigenvalue weighted by Gasteiger charge is 2.31. The number of aromatic nitrogens is 1. The summed E-state index contributed by atoms with van der Waals surface area (Å²) in [5.74, 6) is -1.74. The van der Waals surface area contributed by atoms with Crippen LogP contribution >= 0.6 is 0 Å². The minimum absolute atomic E-state index is 0.0720. The first-order valence-electron chi connectivity index (χ1n) is 10.8. The molecule has 0 spiro atoms. The Morgan fingerprint density at radius 2 is 1.71 bits per heavy atom. The van der Waals surface area contributed by atoms with Crippen LogP contribution in [0, 0.1) is 13.8 Å². The van der Waals surface area contributed by atoms with Gasteiger partial charge in [-0.3, -0.25) is 4.79 Å².